The summed E-state index contributed by atoms with van der Waals surface area (Å²) in [6, 6.07) is 11.2. The first-order chi connectivity index (χ1) is 8.24. The average Bonchev–Trinajstić information content (AvgIpc) is 2.39. The Morgan fingerprint density at radius 1 is 1.29 bits per heavy atom. The molecule has 17 heavy (non-hydrogen) atoms. The molecule has 0 aliphatic rings. The van der Waals surface area contributed by atoms with Gasteiger partial charge in [0.25, 0.3) is 0 Å². The summed E-state index contributed by atoms with van der Waals surface area (Å²) in [5.74, 6) is 0. The van der Waals surface area contributed by atoms with Crippen molar-refractivity contribution in [3.63, 3.8) is 0 Å². The highest BCUT2D eigenvalue weighted by Crippen LogP contribution is 2.19. The molecule has 0 amide bonds. The quantitative estimate of drug-likeness (QED) is 0.819. The number of hydrogen-bond acceptors (Lipinski definition) is 3. The fraction of sp³-hybridized carbons (Fsp3) is 0.143. The van der Waals surface area contributed by atoms with E-state index in [1.807, 2.05) is 43.3 Å². The third-order valence-electron chi connectivity index (χ3n) is 2.65. The number of aromatic nitrogens is 1. The van der Waals surface area contributed by atoms with Crippen molar-refractivity contribution in [2.24, 2.45) is 0 Å². The van der Waals surface area contributed by atoms with E-state index >= 15 is 0 Å². The van der Waals surface area contributed by atoms with E-state index in [2.05, 4.69) is 4.98 Å². The zero-order chi connectivity index (χ0) is 12.3. The third kappa shape index (κ3) is 2.40. The van der Waals surface area contributed by atoms with Crippen molar-refractivity contribution in [2.45, 2.75) is 13.5 Å². The Hall–Kier alpha value is -2.00. The van der Waals surface area contributed by atoms with Crippen LogP contribution in [0.2, 0.25) is 0 Å². The largest absolute Gasteiger partial charge is 0.392 e. The van der Waals surface area contributed by atoms with Crippen LogP contribution in [0.15, 0.2) is 36.4 Å². The topological polar surface area (TPSA) is 50.2 Å². The van der Waals surface area contributed by atoms with Crippen molar-refractivity contribution in [3.8, 4) is 11.3 Å². The summed E-state index contributed by atoms with van der Waals surface area (Å²) < 4.78 is 0. The van der Waals surface area contributed by atoms with Crippen LogP contribution < -0.4 is 0 Å². The zero-order valence-corrected chi connectivity index (χ0v) is 9.55. The summed E-state index contributed by atoms with van der Waals surface area (Å²) in [5, 5.41) is 9.08. The molecule has 0 fully saturated rings. The van der Waals surface area contributed by atoms with Crippen LogP contribution in [0, 0.1) is 6.92 Å². The van der Waals surface area contributed by atoms with Crippen LogP contribution in [0.4, 0.5) is 0 Å². The van der Waals surface area contributed by atoms with E-state index in [4.69, 9.17) is 5.11 Å². The molecule has 0 bridgehead atoms. The molecule has 3 nitrogen and oxygen atoms in total. The molecule has 0 aliphatic heterocycles. The molecule has 0 spiro atoms. The fourth-order valence-electron chi connectivity index (χ4n) is 1.65. The Balaban J connectivity index is 2.48. The lowest BCUT2D eigenvalue weighted by Gasteiger charge is -2.05. The van der Waals surface area contributed by atoms with Gasteiger partial charge in [-0.1, -0.05) is 24.3 Å². The maximum absolute atomic E-state index is 10.8. The van der Waals surface area contributed by atoms with Gasteiger partial charge in [-0.15, -0.1) is 0 Å². The summed E-state index contributed by atoms with van der Waals surface area (Å²) in [4.78, 5) is 15.1. The van der Waals surface area contributed by atoms with E-state index in [0.717, 1.165) is 28.7 Å². The summed E-state index contributed by atoms with van der Waals surface area (Å²) in [6.07, 6.45) is 0.759. The third-order valence-corrected chi connectivity index (χ3v) is 2.65. The van der Waals surface area contributed by atoms with Crippen LogP contribution >= 0.6 is 0 Å². The molecule has 0 saturated heterocycles. The summed E-state index contributed by atoms with van der Waals surface area (Å²) in [5.41, 5.74) is 3.80. The molecule has 2 rings (SSSR count). The van der Waals surface area contributed by atoms with Gasteiger partial charge in [0.15, 0.2) is 6.29 Å². The van der Waals surface area contributed by atoms with Crippen LogP contribution in [-0.2, 0) is 6.61 Å². The standard InChI is InChI=1S/C14H13NO2/c1-10-5-6-13(15-14(10)9-17)12-4-2-3-11(7-12)8-16/h2-7,9,16H,8H2,1H3. The first kappa shape index (κ1) is 11.5. The van der Waals surface area contributed by atoms with Gasteiger partial charge in [-0.25, -0.2) is 4.98 Å². The molecular formula is C14H13NO2. The number of hydrogen-bond donors (Lipinski definition) is 1. The molecule has 3 heteroatoms. The SMILES string of the molecule is Cc1ccc(-c2cccc(CO)c2)nc1C=O. The fourth-order valence-corrected chi connectivity index (χ4v) is 1.65. The Bertz CT molecular complexity index is 550. The number of benzene rings is 1. The molecule has 1 N–H and O–H groups in total. The molecule has 0 saturated carbocycles. The molecule has 2 aromatic rings. The second kappa shape index (κ2) is 4.89. The first-order valence-corrected chi connectivity index (χ1v) is 5.37. The molecule has 1 aromatic carbocycles. The second-order valence-electron chi connectivity index (χ2n) is 3.87. The number of aryl methyl sites for hydroxylation is 1. The molecule has 0 radical (unpaired) electrons. The minimum atomic E-state index is 0.000237. The van der Waals surface area contributed by atoms with Crippen LogP contribution in [0.1, 0.15) is 21.6 Å². The van der Waals surface area contributed by atoms with Crippen LogP contribution in [-0.4, -0.2) is 16.4 Å². The van der Waals surface area contributed by atoms with Crippen molar-refractivity contribution < 1.29 is 9.90 Å². The van der Waals surface area contributed by atoms with Gasteiger partial charge in [0.05, 0.1) is 12.3 Å². The van der Waals surface area contributed by atoms with Gasteiger partial charge >= 0.3 is 0 Å². The first-order valence-electron chi connectivity index (χ1n) is 5.37. The van der Waals surface area contributed by atoms with Crippen LogP contribution in [0.3, 0.4) is 0 Å². The molecule has 0 aliphatic carbocycles. The minimum absolute atomic E-state index is 0.000237. The van der Waals surface area contributed by atoms with Gasteiger partial charge in [-0.3, -0.25) is 4.79 Å². The summed E-state index contributed by atoms with van der Waals surface area (Å²) >= 11 is 0. The Morgan fingerprint density at radius 2 is 2.12 bits per heavy atom. The van der Waals surface area contributed by atoms with E-state index in [1.54, 1.807) is 0 Å². The molecule has 1 heterocycles. The molecule has 0 atom stereocenters. The highest BCUT2D eigenvalue weighted by atomic mass is 16.3. The summed E-state index contributed by atoms with van der Waals surface area (Å²) in [7, 11) is 0. The number of aldehydes is 1. The number of carbonyl (C=O) groups excluding carboxylic acids is 1. The van der Waals surface area contributed by atoms with E-state index in [0.29, 0.717) is 5.69 Å². The Morgan fingerprint density at radius 3 is 2.82 bits per heavy atom. The Kier molecular flexibility index (Phi) is 3.30. The number of pyridine rings is 1. The van der Waals surface area contributed by atoms with E-state index in [9.17, 15) is 4.79 Å². The normalized spacial score (nSPS) is 10.2. The van der Waals surface area contributed by atoms with Gasteiger partial charge < -0.3 is 5.11 Å². The maximum Gasteiger partial charge on any atom is 0.168 e. The lowest BCUT2D eigenvalue weighted by molar-refractivity contribution is 0.111. The zero-order valence-electron chi connectivity index (χ0n) is 9.55. The van der Waals surface area contributed by atoms with Crippen molar-refractivity contribution >= 4 is 6.29 Å². The lowest BCUT2D eigenvalue weighted by atomic mass is 10.1. The number of rotatable bonds is 3. The molecule has 86 valence electrons. The van der Waals surface area contributed by atoms with Crippen molar-refractivity contribution in [2.75, 3.05) is 0 Å². The van der Waals surface area contributed by atoms with Gasteiger partial charge in [0.1, 0.15) is 5.69 Å². The average molecular weight is 227 g/mol. The van der Waals surface area contributed by atoms with Crippen molar-refractivity contribution in [1.29, 1.82) is 0 Å². The van der Waals surface area contributed by atoms with E-state index in [1.165, 1.54) is 0 Å². The van der Waals surface area contributed by atoms with Gasteiger partial charge in [0.2, 0.25) is 0 Å². The Labute approximate surface area is 99.8 Å². The highest BCUT2D eigenvalue weighted by Gasteiger charge is 2.04. The van der Waals surface area contributed by atoms with Crippen LogP contribution in [0.25, 0.3) is 11.3 Å². The van der Waals surface area contributed by atoms with Gasteiger partial charge in [0, 0.05) is 5.56 Å². The smallest absolute Gasteiger partial charge is 0.168 e. The highest BCUT2D eigenvalue weighted by molar-refractivity contribution is 5.76. The molecule has 0 unspecified atom stereocenters. The molecule has 1 aromatic heterocycles. The molecular weight excluding hydrogens is 214 g/mol. The number of carbonyl (C=O) groups is 1. The van der Waals surface area contributed by atoms with Crippen molar-refractivity contribution in [1.82, 2.24) is 4.98 Å². The lowest BCUT2D eigenvalue weighted by Crippen LogP contribution is -1.94. The monoisotopic (exact) mass is 227 g/mol. The predicted molar refractivity (Wildman–Crippen MR) is 65.7 cm³/mol. The van der Waals surface area contributed by atoms with Crippen molar-refractivity contribution in [3.05, 3.63) is 53.2 Å². The number of aliphatic hydroxyl groups is 1. The second-order valence-corrected chi connectivity index (χ2v) is 3.87. The van der Waals surface area contributed by atoms with Crippen LogP contribution in [0.5, 0.6) is 0 Å². The maximum atomic E-state index is 10.8. The number of aliphatic hydroxyl groups excluding tert-OH is 1. The van der Waals surface area contributed by atoms with E-state index in [-0.39, 0.29) is 6.61 Å². The summed E-state index contributed by atoms with van der Waals surface area (Å²) in [6.45, 7) is 1.85. The van der Waals surface area contributed by atoms with Gasteiger partial charge in [-0.05, 0) is 30.2 Å². The number of nitrogens with zero attached hydrogens (tertiary/aromatic N) is 1. The van der Waals surface area contributed by atoms with E-state index < -0.39 is 0 Å². The minimum Gasteiger partial charge on any atom is -0.392 e. The predicted octanol–water partition coefficient (Wildman–Crippen LogP) is 2.36. The van der Waals surface area contributed by atoms with Gasteiger partial charge in [-0.2, -0.15) is 0 Å².